The predicted octanol–water partition coefficient (Wildman–Crippen LogP) is 4.33. The van der Waals surface area contributed by atoms with Crippen LogP contribution in [-0.2, 0) is 10.4 Å². The smallest absolute Gasteiger partial charge is 0.343 e. The zero-order chi connectivity index (χ0) is 30.1. The number of carbonyl (C=O) groups excluding carboxylic acids is 2. The summed E-state index contributed by atoms with van der Waals surface area (Å²) < 4.78 is 26.9. The number of methoxy groups -OCH3 is 4. The summed E-state index contributed by atoms with van der Waals surface area (Å²) >= 11 is 0. The molecule has 216 valence electrons. The van der Waals surface area contributed by atoms with E-state index in [4.69, 9.17) is 23.7 Å². The van der Waals surface area contributed by atoms with Gasteiger partial charge in [0, 0.05) is 0 Å². The molecule has 0 aliphatic heterocycles. The molecule has 0 bridgehead atoms. The highest BCUT2D eigenvalue weighted by Gasteiger charge is 2.39. The summed E-state index contributed by atoms with van der Waals surface area (Å²) in [7, 11) is 5.78. The number of ether oxygens (including phenoxy) is 5. The molecule has 0 saturated carbocycles. The first-order valence-electron chi connectivity index (χ1n) is 12.7. The minimum absolute atomic E-state index is 0.153. The molecular weight excluding hydrogens is 540 g/mol. The van der Waals surface area contributed by atoms with Crippen LogP contribution in [-0.4, -0.2) is 51.6 Å². The largest absolute Gasteiger partial charge is 0.493 e. The number of amides is 1. The van der Waals surface area contributed by atoms with Gasteiger partial charge in [-0.1, -0.05) is 60.7 Å². The lowest BCUT2D eigenvalue weighted by molar-refractivity contribution is -0.136. The standard InChI is InChI=1S/C32H30N2O8/c1-38-26-17-21(15-16-25(26)42-30(35)22-18-27(39-2)29(41-4)28(19-22)40-3)20-33-34-31(36)32(37,23-11-7-5-8-12-23)24-13-9-6-10-14-24/h5-20,37H,1-4H3,(H,34,36). The lowest BCUT2D eigenvalue weighted by Crippen LogP contribution is -2.43. The number of benzene rings is 4. The molecule has 0 aromatic heterocycles. The van der Waals surface area contributed by atoms with Crippen molar-refractivity contribution in [3.63, 3.8) is 0 Å². The van der Waals surface area contributed by atoms with E-state index in [2.05, 4.69) is 10.5 Å². The molecule has 4 aromatic carbocycles. The molecule has 0 saturated heterocycles. The average molecular weight is 571 g/mol. The minimum Gasteiger partial charge on any atom is -0.493 e. The fourth-order valence-electron chi connectivity index (χ4n) is 4.24. The highest BCUT2D eigenvalue weighted by molar-refractivity contribution is 5.93. The van der Waals surface area contributed by atoms with E-state index in [0.29, 0.717) is 33.9 Å². The van der Waals surface area contributed by atoms with Gasteiger partial charge in [-0.25, -0.2) is 10.2 Å². The maximum Gasteiger partial charge on any atom is 0.343 e. The summed E-state index contributed by atoms with van der Waals surface area (Å²) in [6.45, 7) is 0. The van der Waals surface area contributed by atoms with E-state index < -0.39 is 17.5 Å². The quantitative estimate of drug-likeness (QED) is 0.118. The van der Waals surface area contributed by atoms with Gasteiger partial charge in [-0.15, -0.1) is 0 Å². The van der Waals surface area contributed by atoms with Gasteiger partial charge in [-0.3, -0.25) is 4.79 Å². The van der Waals surface area contributed by atoms with E-state index in [9.17, 15) is 14.7 Å². The zero-order valence-electron chi connectivity index (χ0n) is 23.5. The molecule has 0 heterocycles. The average Bonchev–Trinajstić information content (AvgIpc) is 3.04. The van der Waals surface area contributed by atoms with Crippen LogP contribution in [0.1, 0.15) is 27.0 Å². The molecule has 10 nitrogen and oxygen atoms in total. The number of nitrogens with zero attached hydrogens (tertiary/aromatic N) is 1. The van der Waals surface area contributed by atoms with E-state index >= 15 is 0 Å². The second kappa shape index (κ2) is 13.3. The van der Waals surface area contributed by atoms with Crippen molar-refractivity contribution < 1.29 is 38.4 Å². The van der Waals surface area contributed by atoms with Gasteiger partial charge < -0.3 is 28.8 Å². The second-order valence-corrected chi connectivity index (χ2v) is 8.86. The third-order valence-electron chi connectivity index (χ3n) is 6.38. The van der Waals surface area contributed by atoms with Gasteiger partial charge in [-0.05, 0) is 47.0 Å². The van der Waals surface area contributed by atoms with Gasteiger partial charge in [0.15, 0.2) is 28.6 Å². The number of hydrazone groups is 1. The third-order valence-corrected chi connectivity index (χ3v) is 6.38. The normalized spacial score (nSPS) is 11.1. The molecule has 0 unspecified atom stereocenters. The van der Waals surface area contributed by atoms with Crippen LogP contribution in [0.4, 0.5) is 0 Å². The van der Waals surface area contributed by atoms with Crippen molar-refractivity contribution in [3.8, 4) is 28.7 Å². The molecule has 1 amide bonds. The third kappa shape index (κ3) is 6.18. The van der Waals surface area contributed by atoms with Crippen LogP contribution in [0, 0.1) is 0 Å². The maximum absolute atomic E-state index is 13.2. The van der Waals surface area contributed by atoms with Crippen molar-refractivity contribution in [2.75, 3.05) is 28.4 Å². The number of nitrogens with one attached hydrogen (secondary N) is 1. The number of aliphatic hydroxyl groups is 1. The van der Waals surface area contributed by atoms with Crippen molar-refractivity contribution in [2.45, 2.75) is 5.60 Å². The van der Waals surface area contributed by atoms with Crippen molar-refractivity contribution in [1.29, 1.82) is 0 Å². The highest BCUT2D eigenvalue weighted by Crippen LogP contribution is 2.39. The first kappa shape index (κ1) is 29.6. The molecule has 0 spiro atoms. The Morgan fingerprint density at radius 1 is 0.714 bits per heavy atom. The van der Waals surface area contributed by atoms with E-state index in [1.165, 1.54) is 52.9 Å². The Hall–Kier alpha value is -5.35. The van der Waals surface area contributed by atoms with Crippen molar-refractivity contribution in [1.82, 2.24) is 5.43 Å². The first-order chi connectivity index (χ1) is 20.3. The van der Waals surface area contributed by atoms with Gasteiger partial charge in [0.1, 0.15) is 0 Å². The van der Waals surface area contributed by atoms with Gasteiger partial charge in [0.25, 0.3) is 5.91 Å². The van der Waals surface area contributed by atoms with Crippen LogP contribution in [0.5, 0.6) is 28.7 Å². The van der Waals surface area contributed by atoms with E-state index in [1.54, 1.807) is 72.8 Å². The van der Waals surface area contributed by atoms with E-state index in [-0.39, 0.29) is 17.1 Å². The van der Waals surface area contributed by atoms with Gasteiger partial charge in [0.2, 0.25) is 5.75 Å². The lowest BCUT2D eigenvalue weighted by atomic mass is 9.85. The Bertz CT molecular complexity index is 1510. The highest BCUT2D eigenvalue weighted by atomic mass is 16.6. The molecular formula is C32H30N2O8. The van der Waals surface area contributed by atoms with Gasteiger partial charge in [-0.2, -0.15) is 5.10 Å². The molecule has 0 atom stereocenters. The Morgan fingerprint density at radius 3 is 1.76 bits per heavy atom. The molecule has 0 aliphatic rings. The Labute approximate surface area is 243 Å². The maximum atomic E-state index is 13.2. The molecule has 4 aromatic rings. The Kier molecular flexibility index (Phi) is 9.41. The van der Waals surface area contributed by atoms with Crippen molar-refractivity contribution in [2.24, 2.45) is 5.10 Å². The monoisotopic (exact) mass is 570 g/mol. The molecule has 4 rings (SSSR count). The summed E-state index contributed by atoms with van der Waals surface area (Å²) in [5, 5.41) is 15.6. The van der Waals surface area contributed by atoms with Crippen molar-refractivity contribution in [3.05, 3.63) is 113 Å². The number of hydrogen-bond acceptors (Lipinski definition) is 9. The molecule has 10 heteroatoms. The van der Waals surface area contributed by atoms with Crippen LogP contribution in [0.3, 0.4) is 0 Å². The minimum atomic E-state index is -1.97. The fraction of sp³-hybridized carbons (Fsp3) is 0.156. The predicted molar refractivity (Wildman–Crippen MR) is 156 cm³/mol. The summed E-state index contributed by atoms with van der Waals surface area (Å²) in [6.07, 6.45) is 1.38. The van der Waals surface area contributed by atoms with Crippen LogP contribution < -0.4 is 29.1 Å². The SMILES string of the molecule is COc1cc(C=NNC(=O)C(O)(c2ccccc2)c2ccccc2)ccc1OC(=O)c1cc(OC)c(OC)c(OC)c1. The number of rotatable bonds is 11. The Morgan fingerprint density at radius 2 is 1.26 bits per heavy atom. The number of carbonyl (C=O) groups is 2. The van der Waals surface area contributed by atoms with Crippen molar-refractivity contribution >= 4 is 18.1 Å². The van der Waals surface area contributed by atoms with Crippen LogP contribution in [0.25, 0.3) is 0 Å². The molecule has 0 fully saturated rings. The fourth-order valence-corrected chi connectivity index (χ4v) is 4.24. The second-order valence-electron chi connectivity index (χ2n) is 8.86. The topological polar surface area (TPSA) is 125 Å². The van der Waals surface area contributed by atoms with Gasteiger partial charge >= 0.3 is 5.97 Å². The molecule has 0 radical (unpaired) electrons. The van der Waals surface area contributed by atoms with Gasteiger partial charge in [0.05, 0.1) is 40.2 Å². The summed E-state index contributed by atoms with van der Waals surface area (Å²) in [5.41, 5.74) is 1.94. The summed E-state index contributed by atoms with van der Waals surface area (Å²) in [4.78, 5) is 26.2. The lowest BCUT2D eigenvalue weighted by Gasteiger charge is -2.27. The summed E-state index contributed by atoms with van der Waals surface area (Å²) in [6, 6.07) is 24.9. The first-order valence-corrected chi connectivity index (χ1v) is 12.7. The van der Waals surface area contributed by atoms with E-state index in [1.807, 2.05) is 0 Å². The Balaban J connectivity index is 1.52. The summed E-state index contributed by atoms with van der Waals surface area (Å²) in [5.74, 6) is -0.0695. The van der Waals surface area contributed by atoms with Crippen LogP contribution in [0.2, 0.25) is 0 Å². The number of hydrogen-bond donors (Lipinski definition) is 2. The zero-order valence-corrected chi connectivity index (χ0v) is 23.5. The van der Waals surface area contributed by atoms with E-state index in [0.717, 1.165) is 0 Å². The molecule has 42 heavy (non-hydrogen) atoms. The number of esters is 1. The van der Waals surface area contributed by atoms with Crippen LogP contribution >= 0.6 is 0 Å². The molecule has 2 N–H and O–H groups in total. The molecule has 0 aliphatic carbocycles. The van der Waals surface area contributed by atoms with Crippen LogP contribution in [0.15, 0.2) is 96.1 Å².